The molecule has 122 valence electrons. The molecule has 3 rings (SSSR count). The van der Waals surface area contributed by atoms with Crippen LogP contribution < -0.4 is 16.6 Å². The van der Waals surface area contributed by atoms with Crippen LogP contribution in [0.25, 0.3) is 0 Å². The van der Waals surface area contributed by atoms with Gasteiger partial charge in [-0.2, -0.15) is 0 Å². The lowest BCUT2D eigenvalue weighted by Crippen LogP contribution is -2.39. The number of nitrogens with one attached hydrogen (secondary N) is 1. The highest BCUT2D eigenvalue weighted by Crippen LogP contribution is 2.28. The minimum Gasteiger partial charge on any atom is -0.306 e. The smallest absolute Gasteiger partial charge is 0.306 e. The number of aryl methyl sites for hydroxylation is 2. The van der Waals surface area contributed by atoms with Crippen molar-refractivity contribution in [3.8, 4) is 0 Å². The van der Waals surface area contributed by atoms with Crippen molar-refractivity contribution >= 4 is 0 Å². The summed E-state index contributed by atoms with van der Waals surface area (Å²) in [6.07, 6.45) is 6.22. The summed E-state index contributed by atoms with van der Waals surface area (Å²) in [4.78, 5) is 24.0. The fourth-order valence-electron chi connectivity index (χ4n) is 3.37. The van der Waals surface area contributed by atoms with Crippen LogP contribution in [0.1, 0.15) is 42.0 Å². The Kier molecular flexibility index (Phi) is 4.48. The standard InChI is InChI=1S/C18H23N3O2/c1-20-12-14(17(22)21(2)18(20)23)11-19-16-10-6-4-8-13-7-3-5-9-15(13)16/h3,5,7,9,12,16,19H,4,6,8,10-11H2,1-2H3/t16-/m0/s1. The Bertz CT molecular complexity index is 820. The summed E-state index contributed by atoms with van der Waals surface area (Å²) in [7, 11) is 3.20. The number of hydrogen-bond acceptors (Lipinski definition) is 3. The third-order valence-electron chi connectivity index (χ3n) is 4.68. The van der Waals surface area contributed by atoms with E-state index in [9.17, 15) is 9.59 Å². The molecule has 1 aliphatic rings. The summed E-state index contributed by atoms with van der Waals surface area (Å²) >= 11 is 0. The van der Waals surface area contributed by atoms with E-state index in [2.05, 4.69) is 29.6 Å². The zero-order valence-electron chi connectivity index (χ0n) is 13.7. The molecular weight excluding hydrogens is 290 g/mol. The Morgan fingerprint density at radius 3 is 2.78 bits per heavy atom. The first-order valence-electron chi connectivity index (χ1n) is 8.14. The molecule has 1 aromatic heterocycles. The molecule has 23 heavy (non-hydrogen) atoms. The van der Waals surface area contributed by atoms with E-state index in [1.807, 2.05) is 0 Å². The van der Waals surface area contributed by atoms with Crippen molar-refractivity contribution in [3.63, 3.8) is 0 Å². The fourth-order valence-corrected chi connectivity index (χ4v) is 3.37. The molecular formula is C18H23N3O2. The Morgan fingerprint density at radius 2 is 1.96 bits per heavy atom. The van der Waals surface area contributed by atoms with Crippen LogP contribution in [0.3, 0.4) is 0 Å². The lowest BCUT2D eigenvalue weighted by Gasteiger charge is -2.19. The summed E-state index contributed by atoms with van der Waals surface area (Å²) in [6.45, 7) is 0.472. The molecule has 0 unspecified atom stereocenters. The molecule has 2 aromatic rings. The van der Waals surface area contributed by atoms with E-state index in [-0.39, 0.29) is 17.3 Å². The van der Waals surface area contributed by atoms with Gasteiger partial charge in [0.1, 0.15) is 0 Å². The number of rotatable bonds is 3. The van der Waals surface area contributed by atoms with Crippen LogP contribution in [0.15, 0.2) is 40.1 Å². The van der Waals surface area contributed by atoms with Crippen molar-refractivity contribution in [1.82, 2.24) is 14.5 Å². The maximum absolute atomic E-state index is 12.2. The minimum absolute atomic E-state index is 0.220. The van der Waals surface area contributed by atoms with Gasteiger partial charge >= 0.3 is 5.69 Å². The Labute approximate surface area is 135 Å². The van der Waals surface area contributed by atoms with E-state index in [1.165, 1.54) is 35.6 Å². The average molecular weight is 313 g/mol. The summed E-state index contributed by atoms with van der Waals surface area (Å²) < 4.78 is 2.62. The maximum atomic E-state index is 12.2. The molecule has 0 saturated carbocycles. The molecule has 0 amide bonds. The fraction of sp³-hybridized carbons (Fsp3) is 0.444. The van der Waals surface area contributed by atoms with Gasteiger partial charge in [-0.15, -0.1) is 0 Å². The predicted octanol–water partition coefficient (Wildman–Crippen LogP) is 1.64. The SMILES string of the molecule is Cn1cc(CN[C@H]2CCCCc3ccccc32)c(=O)n(C)c1=O. The highest BCUT2D eigenvalue weighted by atomic mass is 16.2. The molecule has 0 radical (unpaired) electrons. The lowest BCUT2D eigenvalue weighted by atomic mass is 9.99. The Morgan fingerprint density at radius 1 is 1.17 bits per heavy atom. The number of aromatic nitrogens is 2. The third kappa shape index (κ3) is 3.15. The van der Waals surface area contributed by atoms with Gasteiger partial charge in [0.2, 0.25) is 0 Å². The van der Waals surface area contributed by atoms with Gasteiger partial charge in [-0.25, -0.2) is 4.79 Å². The minimum atomic E-state index is -0.293. The predicted molar refractivity (Wildman–Crippen MR) is 90.5 cm³/mol. The third-order valence-corrected chi connectivity index (χ3v) is 4.68. The van der Waals surface area contributed by atoms with E-state index >= 15 is 0 Å². The number of nitrogens with zero attached hydrogens (tertiary/aromatic N) is 2. The molecule has 0 saturated heterocycles. The molecule has 0 bridgehead atoms. The molecule has 1 N–H and O–H groups in total. The van der Waals surface area contributed by atoms with E-state index in [1.54, 1.807) is 13.2 Å². The van der Waals surface area contributed by atoms with Crippen LogP contribution in [0.4, 0.5) is 0 Å². The molecule has 1 aliphatic carbocycles. The monoisotopic (exact) mass is 313 g/mol. The van der Waals surface area contributed by atoms with Crippen molar-refractivity contribution in [2.24, 2.45) is 14.1 Å². The topological polar surface area (TPSA) is 56.0 Å². The van der Waals surface area contributed by atoms with E-state index in [4.69, 9.17) is 0 Å². The number of hydrogen-bond donors (Lipinski definition) is 1. The van der Waals surface area contributed by atoms with Crippen LogP contribution in [-0.4, -0.2) is 9.13 Å². The molecule has 5 heteroatoms. The van der Waals surface area contributed by atoms with Crippen molar-refractivity contribution < 1.29 is 0 Å². The van der Waals surface area contributed by atoms with Gasteiger partial charge in [-0.05, 0) is 30.4 Å². The molecule has 0 aliphatic heterocycles. The molecule has 5 nitrogen and oxygen atoms in total. The Hall–Kier alpha value is -2.14. The largest absolute Gasteiger partial charge is 0.330 e. The summed E-state index contributed by atoms with van der Waals surface area (Å²) in [5.41, 5.74) is 2.85. The zero-order valence-corrected chi connectivity index (χ0v) is 13.7. The summed E-state index contributed by atoms with van der Waals surface area (Å²) in [5, 5.41) is 3.52. The van der Waals surface area contributed by atoms with Gasteiger partial charge in [-0.3, -0.25) is 9.36 Å². The van der Waals surface area contributed by atoms with Gasteiger partial charge < -0.3 is 9.88 Å². The van der Waals surface area contributed by atoms with Crippen LogP contribution in [0.5, 0.6) is 0 Å². The van der Waals surface area contributed by atoms with Gasteiger partial charge in [-0.1, -0.05) is 30.7 Å². The lowest BCUT2D eigenvalue weighted by molar-refractivity contribution is 0.483. The van der Waals surface area contributed by atoms with Crippen molar-refractivity contribution in [2.45, 2.75) is 38.3 Å². The molecule has 0 fully saturated rings. The summed E-state index contributed by atoms with van der Waals surface area (Å²) in [5.74, 6) is 0. The van der Waals surface area contributed by atoms with Gasteiger partial charge in [0.15, 0.2) is 0 Å². The highest BCUT2D eigenvalue weighted by Gasteiger charge is 2.18. The molecule has 0 spiro atoms. The maximum Gasteiger partial charge on any atom is 0.330 e. The van der Waals surface area contributed by atoms with E-state index in [0.29, 0.717) is 12.1 Å². The van der Waals surface area contributed by atoms with Crippen molar-refractivity contribution in [2.75, 3.05) is 0 Å². The first-order valence-corrected chi connectivity index (χ1v) is 8.14. The van der Waals surface area contributed by atoms with Gasteiger partial charge in [0, 0.05) is 38.4 Å². The first kappa shape index (κ1) is 15.7. The van der Waals surface area contributed by atoms with Crippen molar-refractivity contribution in [3.05, 3.63) is 68.0 Å². The normalized spacial score (nSPS) is 17.6. The Balaban J connectivity index is 1.84. The van der Waals surface area contributed by atoms with Crippen LogP contribution in [0, 0.1) is 0 Å². The van der Waals surface area contributed by atoms with Gasteiger partial charge in [0.25, 0.3) is 5.56 Å². The second kappa shape index (κ2) is 6.54. The second-order valence-electron chi connectivity index (χ2n) is 6.29. The zero-order chi connectivity index (χ0) is 16.4. The number of benzene rings is 1. The number of fused-ring (bicyclic) bond motifs is 1. The van der Waals surface area contributed by atoms with Crippen molar-refractivity contribution in [1.29, 1.82) is 0 Å². The molecule has 1 atom stereocenters. The van der Waals surface area contributed by atoms with Gasteiger partial charge in [0.05, 0.1) is 0 Å². The quantitative estimate of drug-likeness (QED) is 0.877. The first-order chi connectivity index (χ1) is 11.1. The van der Waals surface area contributed by atoms with Crippen LogP contribution in [-0.2, 0) is 27.1 Å². The highest BCUT2D eigenvalue weighted by molar-refractivity contribution is 5.31. The second-order valence-corrected chi connectivity index (χ2v) is 6.29. The molecule has 1 aromatic carbocycles. The van der Waals surface area contributed by atoms with Crippen LogP contribution >= 0.6 is 0 Å². The average Bonchev–Trinajstić information content (AvgIpc) is 2.77. The van der Waals surface area contributed by atoms with E-state index < -0.39 is 0 Å². The summed E-state index contributed by atoms with van der Waals surface area (Å²) in [6, 6.07) is 8.79. The molecule has 1 heterocycles. The van der Waals surface area contributed by atoms with Crippen LogP contribution in [0.2, 0.25) is 0 Å². The van der Waals surface area contributed by atoms with E-state index in [0.717, 1.165) is 17.4 Å².